The zero-order valence-corrected chi connectivity index (χ0v) is 13.6. The number of aromatic nitrogens is 3. The van der Waals surface area contributed by atoms with Crippen molar-refractivity contribution in [2.24, 2.45) is 0 Å². The van der Waals surface area contributed by atoms with E-state index in [4.69, 9.17) is 4.52 Å². The minimum Gasteiger partial charge on any atom is -0.361 e. The first-order chi connectivity index (χ1) is 9.38. The predicted molar refractivity (Wildman–Crippen MR) is 81.4 cm³/mol. The molecule has 2 aromatic heterocycles. The summed E-state index contributed by atoms with van der Waals surface area (Å²) in [5.41, 5.74) is 2.22. The van der Waals surface area contributed by atoms with Crippen LogP contribution in [0, 0.1) is 13.8 Å². The second-order valence-electron chi connectivity index (χ2n) is 6.01. The highest BCUT2D eigenvalue weighted by Gasteiger charge is 2.19. The predicted octanol–water partition coefficient (Wildman–Crippen LogP) is 3.49. The van der Waals surface area contributed by atoms with Crippen LogP contribution >= 0.6 is 11.5 Å². The van der Waals surface area contributed by atoms with Gasteiger partial charge >= 0.3 is 0 Å². The van der Waals surface area contributed by atoms with Crippen LogP contribution < -0.4 is 5.32 Å². The average molecular weight is 294 g/mol. The topological polar surface area (TPSA) is 63.8 Å². The third-order valence-corrected chi connectivity index (χ3v) is 3.83. The molecule has 0 atom stereocenters. The van der Waals surface area contributed by atoms with Gasteiger partial charge in [0.25, 0.3) is 0 Å². The third-order valence-electron chi connectivity index (χ3n) is 3.16. The van der Waals surface area contributed by atoms with Crippen LogP contribution in [0.4, 0.5) is 5.13 Å². The molecule has 0 aliphatic heterocycles. The molecule has 0 aliphatic rings. The maximum absolute atomic E-state index is 5.16. The van der Waals surface area contributed by atoms with E-state index in [-0.39, 0.29) is 5.41 Å². The highest BCUT2D eigenvalue weighted by atomic mass is 32.1. The molecule has 0 saturated carbocycles. The van der Waals surface area contributed by atoms with Crippen molar-refractivity contribution in [2.45, 2.75) is 52.9 Å². The number of hydrogen-bond donors (Lipinski definition) is 1. The molecule has 0 bridgehead atoms. The molecule has 0 spiro atoms. The summed E-state index contributed by atoms with van der Waals surface area (Å²) in [5.74, 6) is 1.82. The van der Waals surface area contributed by atoms with E-state index in [1.165, 1.54) is 17.1 Å². The van der Waals surface area contributed by atoms with Gasteiger partial charge in [0.1, 0.15) is 11.6 Å². The van der Waals surface area contributed by atoms with Crippen molar-refractivity contribution < 1.29 is 4.52 Å². The van der Waals surface area contributed by atoms with Gasteiger partial charge in [0.05, 0.1) is 5.69 Å². The maximum Gasteiger partial charge on any atom is 0.202 e. The van der Waals surface area contributed by atoms with Gasteiger partial charge in [-0.1, -0.05) is 25.9 Å². The summed E-state index contributed by atoms with van der Waals surface area (Å²) in [6.07, 6.45) is 1.99. The van der Waals surface area contributed by atoms with E-state index in [0.717, 1.165) is 41.8 Å². The largest absolute Gasteiger partial charge is 0.361 e. The van der Waals surface area contributed by atoms with Crippen molar-refractivity contribution in [3.63, 3.8) is 0 Å². The molecule has 0 unspecified atom stereocenters. The first-order valence-corrected chi connectivity index (χ1v) is 7.65. The summed E-state index contributed by atoms with van der Waals surface area (Å²) in [6.45, 7) is 11.2. The van der Waals surface area contributed by atoms with Gasteiger partial charge in [0, 0.05) is 29.1 Å². The van der Waals surface area contributed by atoms with E-state index < -0.39 is 0 Å². The molecule has 0 amide bonds. The molecule has 1 N–H and O–H groups in total. The molecular formula is C14H22N4OS. The molecule has 0 aromatic carbocycles. The Balaban J connectivity index is 1.81. The van der Waals surface area contributed by atoms with E-state index in [0.29, 0.717) is 0 Å². The fourth-order valence-corrected chi connectivity index (χ4v) is 2.70. The SMILES string of the molecule is Cc1noc(C)c1CCCNc1nc(C(C)(C)C)ns1. The average Bonchev–Trinajstić information content (AvgIpc) is 2.94. The molecule has 20 heavy (non-hydrogen) atoms. The van der Waals surface area contributed by atoms with E-state index >= 15 is 0 Å². The molecule has 0 aliphatic carbocycles. The van der Waals surface area contributed by atoms with Crippen LogP contribution in [-0.2, 0) is 11.8 Å². The maximum atomic E-state index is 5.16. The van der Waals surface area contributed by atoms with Gasteiger partial charge in [-0.25, -0.2) is 4.98 Å². The van der Waals surface area contributed by atoms with Crippen molar-refractivity contribution in [3.8, 4) is 0 Å². The summed E-state index contributed by atoms with van der Waals surface area (Å²) >= 11 is 1.43. The van der Waals surface area contributed by atoms with E-state index in [2.05, 4.69) is 40.6 Å². The molecule has 0 saturated heterocycles. The summed E-state index contributed by atoms with van der Waals surface area (Å²) < 4.78 is 9.55. The standard InChI is InChI=1S/C14H22N4OS/c1-9-11(10(2)19-17-9)7-6-8-15-13-16-12(18-20-13)14(3,4)5/h6-8H2,1-5H3,(H,15,16,18). The molecular weight excluding hydrogens is 272 g/mol. The number of rotatable bonds is 5. The molecule has 0 radical (unpaired) electrons. The van der Waals surface area contributed by atoms with Gasteiger partial charge in [-0.05, 0) is 26.7 Å². The summed E-state index contributed by atoms with van der Waals surface area (Å²) in [4.78, 5) is 4.52. The minimum absolute atomic E-state index is 0.00706. The summed E-state index contributed by atoms with van der Waals surface area (Å²) in [6, 6.07) is 0. The lowest BCUT2D eigenvalue weighted by Gasteiger charge is -2.12. The van der Waals surface area contributed by atoms with Crippen molar-refractivity contribution in [2.75, 3.05) is 11.9 Å². The normalized spacial score (nSPS) is 11.8. The number of aryl methyl sites for hydroxylation is 2. The smallest absolute Gasteiger partial charge is 0.202 e. The van der Waals surface area contributed by atoms with Gasteiger partial charge in [-0.2, -0.15) is 4.37 Å². The zero-order chi connectivity index (χ0) is 14.8. The van der Waals surface area contributed by atoms with E-state index in [9.17, 15) is 0 Å². The summed E-state index contributed by atoms with van der Waals surface area (Å²) in [5, 5.41) is 8.20. The highest BCUT2D eigenvalue weighted by molar-refractivity contribution is 7.09. The van der Waals surface area contributed by atoms with Crippen LogP contribution in [0.2, 0.25) is 0 Å². The van der Waals surface area contributed by atoms with Gasteiger partial charge in [0.2, 0.25) is 5.13 Å². The van der Waals surface area contributed by atoms with Crippen LogP contribution in [0.3, 0.4) is 0 Å². The zero-order valence-electron chi connectivity index (χ0n) is 12.8. The lowest BCUT2D eigenvalue weighted by atomic mass is 9.96. The molecule has 2 heterocycles. The first-order valence-electron chi connectivity index (χ1n) is 6.87. The molecule has 5 nitrogen and oxygen atoms in total. The van der Waals surface area contributed by atoms with Crippen LogP contribution in [0.15, 0.2) is 4.52 Å². The van der Waals surface area contributed by atoms with Crippen molar-refractivity contribution >= 4 is 16.7 Å². The number of nitrogens with zero attached hydrogens (tertiary/aromatic N) is 3. The Bertz CT molecular complexity index is 548. The van der Waals surface area contributed by atoms with Crippen molar-refractivity contribution in [1.29, 1.82) is 0 Å². The van der Waals surface area contributed by atoms with Gasteiger partial charge in [-0.15, -0.1) is 0 Å². The Morgan fingerprint density at radius 2 is 2.00 bits per heavy atom. The second-order valence-corrected chi connectivity index (χ2v) is 6.76. The Hall–Kier alpha value is -1.43. The second kappa shape index (κ2) is 5.91. The monoisotopic (exact) mass is 294 g/mol. The van der Waals surface area contributed by atoms with Crippen LogP contribution in [0.25, 0.3) is 0 Å². The van der Waals surface area contributed by atoms with Gasteiger partial charge < -0.3 is 9.84 Å². The number of hydrogen-bond acceptors (Lipinski definition) is 6. The lowest BCUT2D eigenvalue weighted by molar-refractivity contribution is 0.392. The van der Waals surface area contributed by atoms with Gasteiger partial charge in [-0.3, -0.25) is 0 Å². The quantitative estimate of drug-likeness (QED) is 0.855. The minimum atomic E-state index is 0.00706. The molecule has 110 valence electrons. The third kappa shape index (κ3) is 3.56. The van der Waals surface area contributed by atoms with Crippen LogP contribution in [0.1, 0.15) is 50.0 Å². The molecule has 2 aromatic rings. The van der Waals surface area contributed by atoms with Crippen molar-refractivity contribution in [1.82, 2.24) is 14.5 Å². The van der Waals surface area contributed by atoms with Crippen molar-refractivity contribution in [3.05, 3.63) is 22.8 Å². The number of anilines is 1. The van der Waals surface area contributed by atoms with E-state index in [1.807, 2.05) is 13.8 Å². The van der Waals surface area contributed by atoms with Crippen LogP contribution in [0.5, 0.6) is 0 Å². The first kappa shape index (κ1) is 15.0. The van der Waals surface area contributed by atoms with E-state index in [1.54, 1.807) is 0 Å². The Morgan fingerprint density at radius 3 is 2.55 bits per heavy atom. The highest BCUT2D eigenvalue weighted by Crippen LogP contribution is 2.23. The summed E-state index contributed by atoms with van der Waals surface area (Å²) in [7, 11) is 0. The van der Waals surface area contributed by atoms with Gasteiger partial charge in [0.15, 0.2) is 0 Å². The molecule has 0 fully saturated rings. The number of nitrogens with one attached hydrogen (secondary N) is 1. The Morgan fingerprint density at radius 1 is 1.25 bits per heavy atom. The Kier molecular flexibility index (Phi) is 4.42. The fraction of sp³-hybridized carbons (Fsp3) is 0.643. The Labute approximate surface area is 124 Å². The molecule has 6 heteroatoms. The lowest BCUT2D eigenvalue weighted by Crippen LogP contribution is -2.13. The fourth-order valence-electron chi connectivity index (χ4n) is 1.92. The van der Waals surface area contributed by atoms with Crippen LogP contribution in [-0.4, -0.2) is 21.1 Å². The molecule has 2 rings (SSSR count).